The molecule has 3 aliphatic rings. The second kappa shape index (κ2) is 8.01. The Balaban J connectivity index is 1.58. The predicted molar refractivity (Wildman–Crippen MR) is 114 cm³/mol. The number of thioether (sulfide) groups is 1. The van der Waals surface area contributed by atoms with E-state index in [1.54, 1.807) is 18.2 Å². The van der Waals surface area contributed by atoms with Crippen LogP contribution in [-0.4, -0.2) is 74.3 Å². The van der Waals surface area contributed by atoms with Gasteiger partial charge < -0.3 is 4.74 Å². The molecule has 12 heteroatoms. The van der Waals surface area contributed by atoms with Gasteiger partial charge >= 0.3 is 23.8 Å². The Morgan fingerprint density at radius 2 is 2.17 bits per heavy atom. The molecule has 0 unspecified atom stereocenters. The van der Waals surface area contributed by atoms with Crippen LogP contribution >= 0.6 is 11.8 Å². The minimum Gasteiger partial charge on any atom is -0.479 e. The van der Waals surface area contributed by atoms with Crippen LogP contribution in [0.1, 0.15) is 23.0 Å². The van der Waals surface area contributed by atoms with Crippen LogP contribution in [0.25, 0.3) is 0 Å². The zero-order chi connectivity index (χ0) is 21.1. The van der Waals surface area contributed by atoms with Gasteiger partial charge in [-0.2, -0.15) is 0 Å². The molecular formula is C18H14N9O2S+3. The fourth-order valence-corrected chi connectivity index (χ4v) is 2.83. The van der Waals surface area contributed by atoms with Gasteiger partial charge in [0.15, 0.2) is 5.69 Å². The summed E-state index contributed by atoms with van der Waals surface area (Å²) in [6.45, 7) is 1.72. The Labute approximate surface area is 174 Å². The van der Waals surface area contributed by atoms with E-state index >= 15 is 0 Å². The maximum atomic E-state index is 12.4. The van der Waals surface area contributed by atoms with E-state index in [0.717, 1.165) is 5.04 Å². The lowest BCUT2D eigenvalue weighted by atomic mass is 10.2. The average Bonchev–Trinajstić information content (AvgIpc) is 3.36. The highest BCUT2D eigenvalue weighted by atomic mass is 32.2. The van der Waals surface area contributed by atoms with Crippen molar-refractivity contribution >= 4 is 52.8 Å². The molecule has 3 aliphatic heterocycles. The average molecular weight is 420 g/mol. The highest BCUT2D eigenvalue weighted by molar-refractivity contribution is 8.13. The summed E-state index contributed by atoms with van der Waals surface area (Å²) >= 11 is 1.51. The smallest absolute Gasteiger partial charge is 0.469 e. The van der Waals surface area contributed by atoms with Crippen LogP contribution in [0.5, 0.6) is 5.88 Å². The van der Waals surface area contributed by atoms with Crippen molar-refractivity contribution < 1.29 is 14.3 Å². The number of nitrogens with zero attached hydrogens (tertiary/aromatic N) is 8. The summed E-state index contributed by atoms with van der Waals surface area (Å²) < 4.78 is 13.5. The lowest BCUT2D eigenvalue weighted by Gasteiger charge is -2.03. The highest BCUT2D eigenvalue weighted by Crippen LogP contribution is 2.15. The molecule has 0 saturated carbocycles. The normalized spacial score (nSPS) is 15.4. The van der Waals surface area contributed by atoms with Crippen molar-refractivity contribution in [3.8, 4) is 17.7 Å². The summed E-state index contributed by atoms with van der Waals surface area (Å²) in [5, 5.41) is 15.3. The van der Waals surface area contributed by atoms with E-state index in [9.17, 15) is 4.79 Å². The molecule has 0 aromatic carbocycles. The standard InChI is InChI=1S/C18H13N9O2S/c1-10-19-8-13(21-10)22-17(28)12-6-11(18(29-2)26-23-12)4-5-14-24-25-15-7-16(30-3)20-9-27(14)15/h6-9H,1-3H3/q+2/p+1. The van der Waals surface area contributed by atoms with Crippen molar-refractivity contribution in [2.45, 2.75) is 6.92 Å². The summed E-state index contributed by atoms with van der Waals surface area (Å²) in [6, 6.07) is 1.48. The first-order chi connectivity index (χ1) is 14.6. The van der Waals surface area contributed by atoms with E-state index in [0.29, 0.717) is 28.9 Å². The second-order valence-electron chi connectivity index (χ2n) is 5.84. The molecule has 11 nitrogen and oxygen atoms in total. The fourth-order valence-electron chi connectivity index (χ4n) is 2.46. The van der Waals surface area contributed by atoms with E-state index in [4.69, 9.17) is 4.74 Å². The van der Waals surface area contributed by atoms with Crippen molar-refractivity contribution in [2.24, 2.45) is 10.1 Å². The van der Waals surface area contributed by atoms with Crippen LogP contribution in [0, 0.1) is 11.8 Å². The third kappa shape index (κ3) is 3.82. The zero-order valence-electron chi connectivity index (χ0n) is 16.1. The lowest BCUT2D eigenvalue weighted by Crippen LogP contribution is -2.32. The van der Waals surface area contributed by atoms with Crippen LogP contribution in [-0.2, 0) is 0 Å². The van der Waals surface area contributed by atoms with E-state index in [-0.39, 0.29) is 11.6 Å². The topological polar surface area (TPSA) is 134 Å². The number of rotatable bonds is 2. The number of hydrogen-bond acceptors (Lipinski definition) is 8. The lowest BCUT2D eigenvalue weighted by molar-refractivity contribution is -0.0718. The number of carbonyl (C=O) groups is 1. The van der Waals surface area contributed by atoms with Gasteiger partial charge in [0.05, 0.1) is 30.8 Å². The molecule has 30 heavy (non-hydrogen) atoms. The van der Waals surface area contributed by atoms with E-state index < -0.39 is 5.91 Å². The van der Waals surface area contributed by atoms with Gasteiger partial charge in [0.25, 0.3) is 23.0 Å². The number of amides is 1. The maximum absolute atomic E-state index is 12.4. The molecule has 1 aromatic rings. The van der Waals surface area contributed by atoms with Gasteiger partial charge in [-0.3, -0.25) is 10.1 Å². The molecule has 4 heterocycles. The first-order valence-corrected chi connectivity index (χ1v) is 9.76. The molecule has 0 spiro atoms. The van der Waals surface area contributed by atoms with E-state index in [1.807, 2.05) is 12.3 Å². The number of nitrogens with one attached hydrogen (secondary N) is 1. The molecular weight excluding hydrogens is 406 g/mol. The monoisotopic (exact) mass is 420 g/mol. The number of methoxy groups -OCH3 is 1. The third-order valence-electron chi connectivity index (χ3n) is 3.88. The Bertz CT molecular complexity index is 1290. The molecule has 146 valence electrons. The molecule has 1 aromatic heterocycles. The quantitative estimate of drug-likeness (QED) is 0.463. The van der Waals surface area contributed by atoms with Gasteiger partial charge in [-0.25, -0.2) is 9.34 Å². The molecule has 1 N–H and O–H groups in total. The third-order valence-corrected chi connectivity index (χ3v) is 4.52. The van der Waals surface area contributed by atoms with Crippen molar-refractivity contribution in [1.82, 2.24) is 29.8 Å². The molecule has 0 saturated heterocycles. The van der Waals surface area contributed by atoms with E-state index in [2.05, 4.69) is 51.6 Å². The van der Waals surface area contributed by atoms with Gasteiger partial charge in [0.1, 0.15) is 0 Å². The summed E-state index contributed by atoms with van der Waals surface area (Å²) in [5.41, 5.74) is 0.422. The van der Waals surface area contributed by atoms with Crippen molar-refractivity contribution in [1.29, 1.82) is 0 Å². The summed E-state index contributed by atoms with van der Waals surface area (Å²) in [4.78, 5) is 22.3. The summed E-state index contributed by atoms with van der Waals surface area (Å²) in [6.07, 6.45) is 6.80. The molecule has 1 amide bonds. The number of fused-ring (bicyclic) bond motifs is 1. The Morgan fingerprint density at radius 1 is 1.30 bits per heavy atom. The highest BCUT2D eigenvalue weighted by Gasteiger charge is 2.35. The molecule has 0 bridgehead atoms. The van der Waals surface area contributed by atoms with Gasteiger partial charge in [0.2, 0.25) is 5.88 Å². The van der Waals surface area contributed by atoms with Gasteiger partial charge in [-0.1, -0.05) is 16.6 Å². The Kier molecular flexibility index (Phi) is 5.09. The first-order valence-electron chi connectivity index (χ1n) is 8.53. The number of aromatic nitrogens is 2. The number of aliphatic imine (C=N–C) groups is 1. The maximum Gasteiger partial charge on any atom is 0.469 e. The van der Waals surface area contributed by atoms with Gasteiger partial charge in [-0.05, 0) is 23.2 Å². The van der Waals surface area contributed by atoms with Crippen LogP contribution in [0.3, 0.4) is 0 Å². The van der Waals surface area contributed by atoms with Crippen LogP contribution in [0.4, 0.5) is 0 Å². The molecule has 0 atom stereocenters. The van der Waals surface area contributed by atoms with Gasteiger partial charge in [0, 0.05) is 5.92 Å². The Hall–Kier alpha value is -4.25. The SMILES string of the molecule is COc1nnc(C(=O)NC2=NC(C)=[N+]=C2)cc1C#CC1=[N+]=NC2=CC(SC)=[N+]=CN21. The minimum atomic E-state index is -0.491. The second-order valence-corrected chi connectivity index (χ2v) is 6.67. The Morgan fingerprint density at radius 3 is 2.90 bits per heavy atom. The molecule has 0 fully saturated rings. The number of carbonyl (C=O) groups excluding carboxylic acids is 1. The molecule has 0 radical (unpaired) electrons. The first kappa shape index (κ1) is 19.1. The number of amidine groups is 3. The van der Waals surface area contributed by atoms with Crippen LogP contribution < -0.4 is 19.4 Å². The minimum absolute atomic E-state index is 0.0538. The van der Waals surface area contributed by atoms with Crippen molar-refractivity contribution in [2.75, 3.05) is 13.4 Å². The molecule has 0 aliphatic carbocycles. The zero-order valence-corrected chi connectivity index (χ0v) is 16.9. The van der Waals surface area contributed by atoms with Crippen LogP contribution in [0.15, 0.2) is 28.1 Å². The van der Waals surface area contributed by atoms with Gasteiger partial charge in [-0.15, -0.1) is 15.1 Å². The number of hydrogen-bond donors (Lipinski definition) is 1. The fraction of sp³-hybridized carbons (Fsp3) is 0.167. The van der Waals surface area contributed by atoms with Crippen molar-refractivity contribution in [3.63, 3.8) is 0 Å². The van der Waals surface area contributed by atoms with E-state index in [1.165, 1.54) is 31.2 Å². The predicted octanol–water partition coefficient (Wildman–Crippen LogP) is -1.38. The van der Waals surface area contributed by atoms with Crippen LogP contribution in [0.2, 0.25) is 0 Å². The summed E-state index contributed by atoms with van der Waals surface area (Å²) in [5.74, 6) is 7.40. The molecule has 4 rings (SSSR count). The van der Waals surface area contributed by atoms with Crippen molar-refractivity contribution in [3.05, 3.63) is 29.2 Å². The largest absolute Gasteiger partial charge is 0.479 e. The number of ether oxygens (including phenoxy) is 1. The summed E-state index contributed by atoms with van der Waals surface area (Å²) in [7, 11) is 1.44.